The Bertz CT molecular complexity index is 4650. The van der Waals surface area contributed by atoms with Crippen LogP contribution in [0, 0.1) is 41.4 Å². The zero-order valence-electron chi connectivity index (χ0n) is 54.4. The van der Waals surface area contributed by atoms with E-state index in [0.29, 0.717) is 75.6 Å². The van der Waals surface area contributed by atoms with Crippen molar-refractivity contribution >= 4 is 58.2 Å². The van der Waals surface area contributed by atoms with Crippen LogP contribution in [0.25, 0.3) is 21.9 Å². The molecule has 100 heavy (non-hydrogen) atoms. The van der Waals surface area contributed by atoms with Gasteiger partial charge in [-0.25, -0.2) is 0 Å². The lowest BCUT2D eigenvalue weighted by molar-refractivity contribution is -0.166. The quantitative estimate of drug-likeness (QED) is 0.0386. The molecule has 3 aliphatic carbocycles. The third-order valence-corrected chi connectivity index (χ3v) is 20.9. The molecule has 16 heteroatoms. The van der Waals surface area contributed by atoms with Gasteiger partial charge in [-0.1, -0.05) is 206 Å². The van der Waals surface area contributed by atoms with Gasteiger partial charge < -0.3 is 44.3 Å². The van der Waals surface area contributed by atoms with E-state index in [9.17, 15) is 44.1 Å². The first-order chi connectivity index (χ1) is 48.7. The lowest BCUT2D eigenvalue weighted by atomic mass is 9.52. The first kappa shape index (κ1) is 65.8. The maximum Gasteiger partial charge on any atom is 0.315 e. The second-order valence-electron chi connectivity index (χ2n) is 26.4. The van der Waals surface area contributed by atoms with Gasteiger partial charge in [-0.3, -0.25) is 33.6 Å². The van der Waals surface area contributed by atoms with Crippen LogP contribution < -0.4 is 19.5 Å². The Hall–Kier alpha value is -11.5. The van der Waals surface area contributed by atoms with Crippen LogP contribution >= 0.6 is 0 Å². The van der Waals surface area contributed by atoms with Gasteiger partial charge in [0.1, 0.15) is 23.0 Å². The van der Waals surface area contributed by atoms with Crippen molar-refractivity contribution in [1.29, 1.82) is 0 Å². The third kappa shape index (κ3) is 12.9. The van der Waals surface area contributed by atoms with Crippen LogP contribution in [0.4, 0.5) is 5.69 Å². The Balaban J connectivity index is 0.713. The minimum absolute atomic E-state index is 0.0690. The fourth-order valence-corrected chi connectivity index (χ4v) is 16.3. The topological polar surface area (TPSA) is 238 Å². The van der Waals surface area contributed by atoms with E-state index in [-0.39, 0.29) is 35.8 Å². The molecule has 0 radical (unpaired) electrons. The van der Waals surface area contributed by atoms with Gasteiger partial charge in [0.05, 0.1) is 48.7 Å². The normalized spacial score (nSPS) is 24.3. The third-order valence-electron chi connectivity index (χ3n) is 20.9. The number of ether oxygens (including phenoxy) is 5. The molecular weight excluding hydrogens is 1260 g/mol. The maximum atomic E-state index is 15.3. The number of esters is 3. The SMILES string of the molecule is CC(=O)Nc1ccc2c(OC(=O)[C@@H]3[C@@H](c4ccccc4)[C@@H](C(=O)O)[C@@H]3c3cccc(Oc4ccccc4-c4ccccc4OC(=O)[C@@H]4[C@@H](c5ccccc5)[C@@H](C(=O)O)[C@@H]4c4ccc(C5COCCC5COC(=O)[C@H]5[C@@H](c6ccccc6)[C@H](C(=O)O)[C@@H]5c5ccccc5)cc4)c3)cccc2c1. The van der Waals surface area contributed by atoms with Crippen LogP contribution in [0.3, 0.4) is 0 Å². The van der Waals surface area contributed by atoms with Gasteiger partial charge in [-0.2, -0.15) is 0 Å². The van der Waals surface area contributed by atoms with Crippen LogP contribution in [-0.2, 0) is 43.0 Å². The number of hydrogen-bond acceptors (Lipinski definition) is 12. The van der Waals surface area contributed by atoms with Crippen molar-refractivity contribution in [3.8, 4) is 34.1 Å². The predicted molar refractivity (Wildman–Crippen MR) is 373 cm³/mol. The van der Waals surface area contributed by atoms with E-state index in [1.807, 2.05) is 164 Å². The number of anilines is 1. The Morgan fingerprint density at radius 2 is 0.830 bits per heavy atom. The number of carbonyl (C=O) groups excluding carboxylic acids is 4. The molecule has 14 rings (SSSR count). The van der Waals surface area contributed by atoms with Crippen molar-refractivity contribution < 1.29 is 72.6 Å². The standard InChI is InChI=1S/C84H71NO15/c1-48(86)85-58-40-41-60-55(44-58)28-19-35-64(60)99-84(95)78-70(53-26-12-5-13-27-53)75(81(91)92)72(78)56-29-18-30-59(45-56)98-65-33-16-14-31-61(65)62-32-15-17-34-66(62)100-83(94)77-69(52-24-10-4-11-25-52)74(80(89)90)71(77)54-38-36-49(37-39-54)63-47-96-43-42-57(63)46-97-82(93)76-67(50-20-6-2-7-21-50)73(79(87)88)68(76)51-22-8-3-9-23-51/h2-41,44-45,57,63,67-78H,42-43,46-47H2,1H3,(H,85,86)(H,87,88)(H,89,90)(H,91,92)/t57?,63?,67-,68-,69-,70-,71-,72-,73-,74+,75+,76-,77+,78+/m0/s1. The van der Waals surface area contributed by atoms with Gasteiger partial charge in [-0.05, 0) is 99.3 Å². The summed E-state index contributed by atoms with van der Waals surface area (Å²) in [4.78, 5) is 96.3. The molecule has 2 unspecified atom stereocenters. The fraction of sp³-hybridized carbons (Fsp3) is 0.226. The predicted octanol–water partition coefficient (Wildman–Crippen LogP) is 15.4. The number of rotatable bonds is 21. The molecule has 10 aromatic carbocycles. The van der Waals surface area contributed by atoms with Crippen LogP contribution in [0.5, 0.6) is 23.0 Å². The highest BCUT2D eigenvalue weighted by Gasteiger charge is 2.62. The van der Waals surface area contributed by atoms with Crippen molar-refractivity contribution in [2.75, 3.05) is 25.1 Å². The van der Waals surface area contributed by atoms with Crippen LogP contribution in [0.1, 0.15) is 93.7 Å². The molecule has 1 heterocycles. The van der Waals surface area contributed by atoms with E-state index in [4.69, 9.17) is 23.7 Å². The van der Waals surface area contributed by atoms with Crippen molar-refractivity contribution in [2.24, 2.45) is 41.4 Å². The number of carboxylic acid groups (broad SMARTS) is 3. The van der Waals surface area contributed by atoms with Crippen LogP contribution in [0.15, 0.2) is 255 Å². The smallest absolute Gasteiger partial charge is 0.315 e. The number of para-hydroxylation sites is 2. The first-order valence-corrected chi connectivity index (χ1v) is 33.6. The highest BCUT2D eigenvalue weighted by molar-refractivity contribution is 5.97. The molecule has 0 bridgehead atoms. The monoisotopic (exact) mass is 1330 g/mol. The second-order valence-corrected chi connectivity index (χ2v) is 26.4. The first-order valence-electron chi connectivity index (χ1n) is 33.6. The van der Waals surface area contributed by atoms with Crippen molar-refractivity contribution in [3.05, 3.63) is 294 Å². The lowest BCUT2D eigenvalue weighted by Gasteiger charge is -2.49. The summed E-state index contributed by atoms with van der Waals surface area (Å²) in [6.45, 7) is 2.26. The lowest BCUT2D eigenvalue weighted by Crippen LogP contribution is -2.52. The molecule has 502 valence electrons. The summed E-state index contributed by atoms with van der Waals surface area (Å²) >= 11 is 0. The van der Waals surface area contributed by atoms with Crippen LogP contribution in [0.2, 0.25) is 0 Å². The summed E-state index contributed by atoms with van der Waals surface area (Å²) in [6.07, 6.45) is 0.583. The molecule has 3 saturated carbocycles. The molecule has 0 spiro atoms. The van der Waals surface area contributed by atoms with E-state index < -0.39 is 107 Å². The number of nitrogens with one attached hydrogen (secondary N) is 1. The molecule has 1 aliphatic heterocycles. The van der Waals surface area contributed by atoms with Gasteiger partial charge in [-0.15, -0.1) is 0 Å². The average Bonchev–Trinajstić information content (AvgIpc) is 0.736. The number of carboxylic acids is 3. The van der Waals surface area contributed by atoms with Gasteiger partial charge in [0.2, 0.25) is 5.91 Å². The number of amides is 1. The molecule has 16 nitrogen and oxygen atoms in total. The van der Waals surface area contributed by atoms with Gasteiger partial charge in [0, 0.05) is 83.1 Å². The number of benzene rings is 10. The van der Waals surface area contributed by atoms with E-state index in [1.165, 1.54) is 6.92 Å². The summed E-state index contributed by atoms with van der Waals surface area (Å²) in [5.41, 5.74) is 6.50. The number of aliphatic carboxylic acids is 3. The Labute approximate surface area is 577 Å². The summed E-state index contributed by atoms with van der Waals surface area (Å²) in [7, 11) is 0. The van der Waals surface area contributed by atoms with E-state index in [1.54, 1.807) is 91.0 Å². The Morgan fingerprint density at radius 1 is 0.410 bits per heavy atom. The number of carbonyl (C=O) groups is 7. The van der Waals surface area contributed by atoms with Gasteiger partial charge in [0.25, 0.3) is 0 Å². The molecule has 4 N–H and O–H groups in total. The highest BCUT2D eigenvalue weighted by Crippen LogP contribution is 2.61. The summed E-state index contributed by atoms with van der Waals surface area (Å²) < 4.78 is 31.8. The van der Waals surface area contributed by atoms with Crippen molar-refractivity contribution in [2.45, 2.75) is 54.8 Å². The molecular formula is C84H71NO15. The molecule has 10 aromatic rings. The van der Waals surface area contributed by atoms with E-state index in [2.05, 4.69) is 5.32 Å². The zero-order valence-corrected chi connectivity index (χ0v) is 54.4. The highest BCUT2D eigenvalue weighted by atomic mass is 16.5. The average molecular weight is 1330 g/mol. The van der Waals surface area contributed by atoms with Crippen LogP contribution in [-0.4, -0.2) is 76.9 Å². The summed E-state index contributed by atoms with van der Waals surface area (Å²) in [5, 5.41) is 36.8. The Kier molecular flexibility index (Phi) is 18.8. The zero-order chi connectivity index (χ0) is 69.1. The second kappa shape index (κ2) is 28.5. The van der Waals surface area contributed by atoms with Crippen molar-refractivity contribution in [3.63, 3.8) is 0 Å². The molecule has 12 atom stereocenters. The Morgan fingerprint density at radius 3 is 1.35 bits per heavy atom. The molecule has 4 aliphatic rings. The molecule has 1 saturated heterocycles. The minimum atomic E-state index is -1.08. The summed E-state index contributed by atoms with van der Waals surface area (Å²) in [5.74, 6) is -14.2. The maximum absolute atomic E-state index is 15.3. The molecule has 0 aromatic heterocycles. The molecule has 1 amide bonds. The minimum Gasteiger partial charge on any atom is -0.481 e. The van der Waals surface area contributed by atoms with Gasteiger partial charge >= 0.3 is 35.8 Å². The fourth-order valence-electron chi connectivity index (χ4n) is 16.3. The number of hydrogen-bond donors (Lipinski definition) is 4. The van der Waals surface area contributed by atoms with E-state index >= 15 is 4.79 Å². The van der Waals surface area contributed by atoms with E-state index in [0.717, 1.165) is 22.1 Å². The van der Waals surface area contributed by atoms with Crippen molar-refractivity contribution in [1.82, 2.24) is 0 Å². The summed E-state index contributed by atoms with van der Waals surface area (Å²) in [6, 6.07) is 76.0. The molecule has 4 fully saturated rings. The van der Waals surface area contributed by atoms with Gasteiger partial charge in [0.15, 0.2) is 0 Å². The largest absolute Gasteiger partial charge is 0.481 e. The number of fused-ring (bicyclic) bond motifs is 1.